The maximum absolute atomic E-state index is 5.93. The number of nitrogens with one attached hydrogen (secondary N) is 1. The van der Waals surface area contributed by atoms with E-state index in [-0.39, 0.29) is 6.10 Å². The summed E-state index contributed by atoms with van der Waals surface area (Å²) in [6.07, 6.45) is 11.3. The summed E-state index contributed by atoms with van der Waals surface area (Å²) in [6, 6.07) is 4.31. The van der Waals surface area contributed by atoms with Crippen LogP contribution in [0.4, 0.5) is 0 Å². The minimum Gasteiger partial charge on any atom is -0.496 e. The molecule has 0 spiro atoms. The molecule has 0 radical (unpaired) electrons. The Morgan fingerprint density at radius 2 is 1.58 bits per heavy atom. The summed E-state index contributed by atoms with van der Waals surface area (Å²) in [5.41, 5.74) is 1.01. The highest BCUT2D eigenvalue weighted by atomic mass is 32.1. The second-order valence-electron chi connectivity index (χ2n) is 8.53. The van der Waals surface area contributed by atoms with Gasteiger partial charge in [-0.15, -0.1) is 0 Å². The van der Waals surface area contributed by atoms with Crippen LogP contribution in [0.1, 0.15) is 63.4 Å². The minimum absolute atomic E-state index is 0.211. The Morgan fingerprint density at radius 3 is 2.19 bits per heavy atom. The fourth-order valence-electron chi connectivity index (χ4n) is 4.54. The van der Waals surface area contributed by atoms with E-state index in [1.807, 2.05) is 12.1 Å². The van der Waals surface area contributed by atoms with E-state index in [1.165, 1.54) is 44.9 Å². The summed E-state index contributed by atoms with van der Waals surface area (Å²) in [6.45, 7) is 2.24. The molecule has 1 saturated heterocycles. The molecule has 1 aromatic rings. The minimum atomic E-state index is 0.211. The second kappa shape index (κ2) is 12.3. The molecule has 1 aliphatic carbocycles. The normalized spacial score (nSPS) is 19.9. The summed E-state index contributed by atoms with van der Waals surface area (Å²) in [5, 5.41) is 4.48. The number of benzene rings is 1. The average Bonchev–Trinajstić information content (AvgIpc) is 3.27. The largest absolute Gasteiger partial charge is 0.496 e. The molecule has 7 heteroatoms. The van der Waals surface area contributed by atoms with Gasteiger partial charge in [0.05, 0.1) is 27.4 Å². The molecule has 6 nitrogen and oxygen atoms in total. The van der Waals surface area contributed by atoms with Gasteiger partial charge in [-0.25, -0.2) is 0 Å². The van der Waals surface area contributed by atoms with Gasteiger partial charge in [-0.2, -0.15) is 0 Å². The summed E-state index contributed by atoms with van der Waals surface area (Å²) in [4.78, 5) is 2.23. The Bertz CT molecular complexity index is 701. The lowest BCUT2D eigenvalue weighted by Crippen LogP contribution is -2.47. The molecule has 1 aliphatic heterocycles. The van der Waals surface area contributed by atoms with Crippen LogP contribution in [-0.4, -0.2) is 56.6 Å². The van der Waals surface area contributed by atoms with Crippen molar-refractivity contribution in [3.05, 3.63) is 17.7 Å². The highest BCUT2D eigenvalue weighted by Gasteiger charge is 2.24. The lowest BCUT2D eigenvalue weighted by molar-refractivity contribution is 0.0893. The molecular formula is C24H38N2O4S. The molecular weight excluding hydrogens is 412 g/mol. The topological polar surface area (TPSA) is 52.2 Å². The molecule has 1 saturated carbocycles. The molecule has 1 unspecified atom stereocenters. The van der Waals surface area contributed by atoms with Crippen molar-refractivity contribution in [2.24, 2.45) is 0 Å². The quantitative estimate of drug-likeness (QED) is 0.577. The molecule has 2 aliphatic rings. The van der Waals surface area contributed by atoms with Crippen molar-refractivity contribution in [2.45, 2.75) is 76.5 Å². The Hall–Kier alpha value is -1.73. The fourth-order valence-corrected chi connectivity index (χ4v) is 4.85. The van der Waals surface area contributed by atoms with Crippen molar-refractivity contribution in [3.8, 4) is 17.2 Å². The van der Waals surface area contributed by atoms with Crippen molar-refractivity contribution in [2.75, 3.05) is 34.5 Å². The Balaban J connectivity index is 1.77. The van der Waals surface area contributed by atoms with Gasteiger partial charge in [0.15, 0.2) is 16.6 Å². The van der Waals surface area contributed by atoms with Crippen LogP contribution in [0.5, 0.6) is 17.2 Å². The van der Waals surface area contributed by atoms with Gasteiger partial charge >= 0.3 is 0 Å². The molecule has 174 valence electrons. The molecule has 1 atom stereocenters. The zero-order valence-corrected chi connectivity index (χ0v) is 20.1. The van der Waals surface area contributed by atoms with Gasteiger partial charge in [0.1, 0.15) is 5.75 Å². The number of hydrogen-bond acceptors (Lipinski definition) is 5. The molecule has 31 heavy (non-hydrogen) atoms. The molecule has 1 aromatic carbocycles. The van der Waals surface area contributed by atoms with Crippen LogP contribution in [-0.2, 0) is 11.3 Å². The fraction of sp³-hybridized carbons (Fsp3) is 0.708. The van der Waals surface area contributed by atoms with Crippen LogP contribution in [0, 0.1) is 0 Å². The number of ether oxygens (including phenoxy) is 4. The van der Waals surface area contributed by atoms with Crippen molar-refractivity contribution >= 4 is 17.3 Å². The van der Waals surface area contributed by atoms with E-state index in [1.54, 1.807) is 21.3 Å². The van der Waals surface area contributed by atoms with Crippen molar-refractivity contribution in [3.63, 3.8) is 0 Å². The average molecular weight is 451 g/mol. The van der Waals surface area contributed by atoms with E-state index in [2.05, 4.69) is 10.2 Å². The van der Waals surface area contributed by atoms with Crippen molar-refractivity contribution in [1.29, 1.82) is 0 Å². The number of hydrogen-bond donors (Lipinski definition) is 1. The number of rotatable bonds is 8. The predicted molar refractivity (Wildman–Crippen MR) is 127 cm³/mol. The van der Waals surface area contributed by atoms with E-state index in [0.717, 1.165) is 42.4 Å². The van der Waals surface area contributed by atoms with Crippen LogP contribution in [0.25, 0.3) is 0 Å². The number of thiocarbonyl (C=S) groups is 1. The van der Waals surface area contributed by atoms with Gasteiger partial charge in [-0.05, 0) is 44.0 Å². The van der Waals surface area contributed by atoms with Crippen LogP contribution >= 0.6 is 12.2 Å². The van der Waals surface area contributed by atoms with Crippen molar-refractivity contribution < 1.29 is 18.9 Å². The summed E-state index contributed by atoms with van der Waals surface area (Å²) in [5.74, 6) is 2.11. The highest BCUT2D eigenvalue weighted by Crippen LogP contribution is 2.35. The van der Waals surface area contributed by atoms with E-state index in [0.29, 0.717) is 24.1 Å². The zero-order chi connectivity index (χ0) is 22.1. The Kier molecular flexibility index (Phi) is 9.53. The van der Waals surface area contributed by atoms with Crippen molar-refractivity contribution in [1.82, 2.24) is 10.2 Å². The molecule has 1 heterocycles. The van der Waals surface area contributed by atoms with E-state index < -0.39 is 0 Å². The van der Waals surface area contributed by atoms with Gasteiger partial charge in [0, 0.05) is 37.4 Å². The maximum atomic E-state index is 5.93. The smallest absolute Gasteiger partial charge is 0.169 e. The van der Waals surface area contributed by atoms with Crippen LogP contribution in [0.2, 0.25) is 0 Å². The monoisotopic (exact) mass is 450 g/mol. The van der Waals surface area contributed by atoms with Gasteiger partial charge < -0.3 is 29.2 Å². The number of nitrogens with zero attached hydrogens (tertiary/aromatic N) is 1. The third kappa shape index (κ3) is 6.88. The molecule has 0 amide bonds. The highest BCUT2D eigenvalue weighted by molar-refractivity contribution is 7.80. The lowest BCUT2D eigenvalue weighted by atomic mass is 9.97. The predicted octanol–water partition coefficient (Wildman–Crippen LogP) is 4.68. The Labute approximate surface area is 192 Å². The van der Waals surface area contributed by atoms with E-state index in [9.17, 15) is 0 Å². The first-order valence-electron chi connectivity index (χ1n) is 11.6. The molecule has 2 fully saturated rings. The molecule has 0 aromatic heterocycles. The summed E-state index contributed by atoms with van der Waals surface area (Å²) >= 11 is 5.92. The Morgan fingerprint density at radius 1 is 0.935 bits per heavy atom. The van der Waals surface area contributed by atoms with Crippen LogP contribution in [0.3, 0.4) is 0 Å². The summed E-state index contributed by atoms with van der Waals surface area (Å²) in [7, 11) is 4.97. The third-order valence-electron chi connectivity index (χ3n) is 6.32. The van der Waals surface area contributed by atoms with Crippen LogP contribution < -0.4 is 19.5 Å². The number of methoxy groups -OCH3 is 3. The first-order chi connectivity index (χ1) is 15.1. The zero-order valence-electron chi connectivity index (χ0n) is 19.3. The van der Waals surface area contributed by atoms with Crippen LogP contribution in [0.15, 0.2) is 12.1 Å². The second-order valence-corrected chi connectivity index (χ2v) is 8.91. The van der Waals surface area contributed by atoms with Gasteiger partial charge in [-0.1, -0.05) is 32.1 Å². The first-order valence-corrected chi connectivity index (χ1v) is 12.0. The standard InChI is InChI=1S/C24H38N2O4S/c1-27-21-15-23(29-3)22(28-2)14-18(21)16-26(17-20-12-9-13-30-20)24(31)25-19-10-7-5-4-6-8-11-19/h14-15,19-20H,4-13,16-17H2,1-3H3,(H,25,31). The van der Waals surface area contributed by atoms with Gasteiger partial charge in [0.25, 0.3) is 0 Å². The molecule has 3 rings (SSSR count). The maximum Gasteiger partial charge on any atom is 0.169 e. The summed E-state index contributed by atoms with van der Waals surface area (Å²) < 4.78 is 22.6. The lowest BCUT2D eigenvalue weighted by Gasteiger charge is -2.32. The SMILES string of the molecule is COc1cc(OC)c(OC)cc1CN(CC1CCCO1)C(=S)NC1CCCCCCC1. The van der Waals surface area contributed by atoms with Gasteiger partial charge in [0.2, 0.25) is 0 Å². The van der Waals surface area contributed by atoms with E-state index in [4.69, 9.17) is 31.2 Å². The van der Waals surface area contributed by atoms with E-state index >= 15 is 0 Å². The molecule has 1 N–H and O–H groups in total. The first kappa shape index (κ1) is 23.9. The molecule has 0 bridgehead atoms. The third-order valence-corrected chi connectivity index (χ3v) is 6.69. The van der Waals surface area contributed by atoms with Gasteiger partial charge in [-0.3, -0.25) is 0 Å².